The Labute approximate surface area is 70.1 Å². The molecule has 0 saturated heterocycles. The minimum atomic E-state index is -0.792. The Morgan fingerprint density at radius 2 is 2.42 bits per heavy atom. The van der Waals surface area contributed by atoms with Crippen molar-refractivity contribution >= 4 is 11.9 Å². The molecule has 1 unspecified atom stereocenters. The number of hydrogen-bond donors (Lipinski definition) is 0. The summed E-state index contributed by atoms with van der Waals surface area (Å²) in [6, 6.07) is 0. The molecule has 0 aliphatic carbocycles. The van der Waals surface area contributed by atoms with E-state index in [9.17, 15) is 9.59 Å². The van der Waals surface area contributed by atoms with E-state index < -0.39 is 11.6 Å². The van der Waals surface area contributed by atoms with Crippen LogP contribution >= 0.6 is 0 Å². The first-order valence-electron chi connectivity index (χ1n) is 3.57. The second-order valence-electron chi connectivity index (χ2n) is 2.85. The predicted molar refractivity (Wildman–Crippen MR) is 40.3 cm³/mol. The number of ether oxygens (including phenoxy) is 2. The van der Waals surface area contributed by atoms with Crippen LogP contribution in [0.1, 0.15) is 13.8 Å². The van der Waals surface area contributed by atoms with Crippen LogP contribution in [0.4, 0.5) is 0 Å². The molecular weight excluding hydrogens is 160 g/mol. The Kier molecular flexibility index (Phi) is 2.17. The summed E-state index contributed by atoms with van der Waals surface area (Å²) in [5.41, 5.74) is -0.792. The van der Waals surface area contributed by atoms with E-state index in [1.54, 1.807) is 6.92 Å². The van der Waals surface area contributed by atoms with Crippen LogP contribution in [0.5, 0.6) is 0 Å². The molecule has 0 spiro atoms. The van der Waals surface area contributed by atoms with Crippen LogP contribution in [0.15, 0.2) is 12.2 Å². The number of hydrogen-bond acceptors (Lipinski definition) is 4. The van der Waals surface area contributed by atoms with E-state index in [1.807, 2.05) is 0 Å². The molecule has 0 amide bonds. The maximum absolute atomic E-state index is 10.6. The van der Waals surface area contributed by atoms with E-state index in [-0.39, 0.29) is 12.6 Å². The lowest BCUT2D eigenvalue weighted by Crippen LogP contribution is -2.37. The summed E-state index contributed by atoms with van der Waals surface area (Å²) in [4.78, 5) is 21.2. The second kappa shape index (κ2) is 2.97. The highest BCUT2D eigenvalue weighted by Gasteiger charge is 2.29. The molecular formula is C8H10O4. The van der Waals surface area contributed by atoms with E-state index >= 15 is 0 Å². The van der Waals surface area contributed by atoms with Crippen molar-refractivity contribution in [2.75, 3.05) is 6.61 Å². The molecule has 1 aliphatic heterocycles. The third-order valence-corrected chi connectivity index (χ3v) is 1.45. The first-order valence-corrected chi connectivity index (χ1v) is 3.57. The molecule has 0 bridgehead atoms. The highest BCUT2D eigenvalue weighted by Crippen LogP contribution is 2.17. The lowest BCUT2D eigenvalue weighted by molar-refractivity contribution is -0.163. The highest BCUT2D eigenvalue weighted by atomic mass is 16.6. The van der Waals surface area contributed by atoms with Crippen LogP contribution in [-0.2, 0) is 19.1 Å². The molecule has 4 heteroatoms. The molecule has 0 fully saturated rings. The SMILES string of the molecule is CC(=O)OC1(C)C=CC(=O)OC1. The van der Waals surface area contributed by atoms with E-state index in [0.29, 0.717) is 0 Å². The van der Waals surface area contributed by atoms with Crippen LogP contribution in [0.2, 0.25) is 0 Å². The minimum absolute atomic E-state index is 0.0852. The number of rotatable bonds is 1. The zero-order valence-electron chi connectivity index (χ0n) is 6.99. The third kappa shape index (κ3) is 2.08. The van der Waals surface area contributed by atoms with Crippen LogP contribution in [0, 0.1) is 0 Å². The molecule has 12 heavy (non-hydrogen) atoms. The van der Waals surface area contributed by atoms with Crippen molar-refractivity contribution in [3.8, 4) is 0 Å². The Balaban J connectivity index is 2.67. The van der Waals surface area contributed by atoms with Crippen molar-refractivity contribution in [2.45, 2.75) is 19.4 Å². The topological polar surface area (TPSA) is 52.6 Å². The van der Waals surface area contributed by atoms with Gasteiger partial charge in [-0.15, -0.1) is 0 Å². The van der Waals surface area contributed by atoms with Gasteiger partial charge in [-0.25, -0.2) is 4.79 Å². The summed E-state index contributed by atoms with van der Waals surface area (Å²) in [6.45, 7) is 3.08. The predicted octanol–water partition coefficient (Wildman–Crippen LogP) is 0.421. The van der Waals surface area contributed by atoms with Gasteiger partial charge in [0.05, 0.1) is 0 Å². The molecule has 1 atom stereocenters. The van der Waals surface area contributed by atoms with Gasteiger partial charge >= 0.3 is 11.9 Å². The van der Waals surface area contributed by atoms with Crippen LogP contribution in [0.25, 0.3) is 0 Å². The molecule has 0 radical (unpaired) electrons. The van der Waals surface area contributed by atoms with Crippen molar-refractivity contribution in [2.24, 2.45) is 0 Å². The fourth-order valence-corrected chi connectivity index (χ4v) is 0.947. The summed E-state index contributed by atoms with van der Waals surface area (Å²) in [6.07, 6.45) is 2.78. The van der Waals surface area contributed by atoms with E-state index in [1.165, 1.54) is 19.1 Å². The average Bonchev–Trinajstić information content (AvgIpc) is 1.94. The fourth-order valence-electron chi connectivity index (χ4n) is 0.947. The number of carbonyl (C=O) groups excluding carboxylic acids is 2. The van der Waals surface area contributed by atoms with Gasteiger partial charge in [-0.05, 0) is 13.0 Å². The smallest absolute Gasteiger partial charge is 0.330 e. The normalized spacial score (nSPS) is 28.0. The van der Waals surface area contributed by atoms with E-state index in [4.69, 9.17) is 9.47 Å². The molecule has 4 nitrogen and oxygen atoms in total. The summed E-state index contributed by atoms with van der Waals surface area (Å²) < 4.78 is 9.62. The fraction of sp³-hybridized carbons (Fsp3) is 0.500. The summed E-state index contributed by atoms with van der Waals surface area (Å²) >= 11 is 0. The monoisotopic (exact) mass is 170 g/mol. The van der Waals surface area contributed by atoms with Gasteiger partial charge in [-0.1, -0.05) is 0 Å². The van der Waals surface area contributed by atoms with Gasteiger partial charge in [0, 0.05) is 13.0 Å². The lowest BCUT2D eigenvalue weighted by atomic mass is 10.1. The Morgan fingerprint density at radius 1 is 1.75 bits per heavy atom. The van der Waals surface area contributed by atoms with Gasteiger partial charge in [0.2, 0.25) is 0 Å². The molecule has 0 N–H and O–H groups in total. The summed E-state index contributed by atoms with van der Waals surface area (Å²) in [5, 5.41) is 0. The van der Waals surface area contributed by atoms with Crippen molar-refractivity contribution in [3.63, 3.8) is 0 Å². The quantitative estimate of drug-likeness (QED) is 0.535. The zero-order chi connectivity index (χ0) is 9.19. The van der Waals surface area contributed by atoms with Crippen molar-refractivity contribution in [1.29, 1.82) is 0 Å². The van der Waals surface area contributed by atoms with Gasteiger partial charge < -0.3 is 9.47 Å². The van der Waals surface area contributed by atoms with E-state index in [0.717, 1.165) is 0 Å². The maximum Gasteiger partial charge on any atom is 0.330 e. The highest BCUT2D eigenvalue weighted by molar-refractivity contribution is 5.83. The number of carbonyl (C=O) groups is 2. The van der Waals surface area contributed by atoms with Crippen LogP contribution < -0.4 is 0 Å². The molecule has 1 heterocycles. The molecule has 0 aromatic rings. The number of esters is 2. The standard InChI is InChI=1S/C8H10O4/c1-6(9)12-8(2)4-3-7(10)11-5-8/h3-4H,5H2,1-2H3. The van der Waals surface area contributed by atoms with Crippen LogP contribution in [0.3, 0.4) is 0 Å². The van der Waals surface area contributed by atoms with Gasteiger partial charge in [0.25, 0.3) is 0 Å². The van der Waals surface area contributed by atoms with E-state index in [2.05, 4.69) is 0 Å². The number of cyclic esters (lactones) is 1. The van der Waals surface area contributed by atoms with Gasteiger partial charge in [-0.3, -0.25) is 4.79 Å². The zero-order valence-corrected chi connectivity index (χ0v) is 6.99. The summed E-state index contributed by atoms with van der Waals surface area (Å²) in [5.74, 6) is -0.792. The molecule has 0 aromatic heterocycles. The minimum Gasteiger partial charge on any atom is -0.458 e. The average molecular weight is 170 g/mol. The third-order valence-electron chi connectivity index (χ3n) is 1.45. The molecule has 1 rings (SSSR count). The molecule has 1 aliphatic rings. The van der Waals surface area contributed by atoms with Gasteiger partial charge in [-0.2, -0.15) is 0 Å². The summed E-state index contributed by atoms with van der Waals surface area (Å²) in [7, 11) is 0. The largest absolute Gasteiger partial charge is 0.458 e. The van der Waals surface area contributed by atoms with Gasteiger partial charge in [0.15, 0.2) is 5.60 Å². The Hall–Kier alpha value is -1.32. The first kappa shape index (κ1) is 8.77. The van der Waals surface area contributed by atoms with Crippen LogP contribution in [-0.4, -0.2) is 24.1 Å². The molecule has 66 valence electrons. The Bertz CT molecular complexity index is 243. The maximum atomic E-state index is 10.6. The van der Waals surface area contributed by atoms with Crippen molar-refractivity contribution in [1.82, 2.24) is 0 Å². The Morgan fingerprint density at radius 3 is 2.83 bits per heavy atom. The van der Waals surface area contributed by atoms with Gasteiger partial charge in [0.1, 0.15) is 6.61 Å². The lowest BCUT2D eigenvalue weighted by Gasteiger charge is -2.27. The second-order valence-corrected chi connectivity index (χ2v) is 2.85. The first-order chi connectivity index (χ1) is 5.52. The molecule has 0 saturated carbocycles. The van der Waals surface area contributed by atoms with Crippen molar-refractivity contribution < 1.29 is 19.1 Å². The molecule has 0 aromatic carbocycles. The van der Waals surface area contributed by atoms with Crippen molar-refractivity contribution in [3.05, 3.63) is 12.2 Å².